The topological polar surface area (TPSA) is 0 Å². The van der Waals surface area contributed by atoms with E-state index in [1.807, 2.05) is 0 Å². The van der Waals surface area contributed by atoms with Gasteiger partial charge in [-0.2, -0.15) is 25.8 Å². The molecular weight excluding hydrogens is 173 g/mol. The molecule has 1 aliphatic rings. The molecule has 0 radical (unpaired) electrons. The molecule has 66 valence electrons. The molecule has 1 fully saturated rings. The highest BCUT2D eigenvalue weighted by atomic mass is 32.1. The van der Waals surface area contributed by atoms with E-state index in [0.29, 0.717) is 12.8 Å². The zero-order valence-electron chi connectivity index (χ0n) is 6.06. The summed E-state index contributed by atoms with van der Waals surface area (Å²) in [5, 5.41) is -0.469. The average Bonchev–Trinajstić information content (AvgIpc) is 1.86. The first-order valence-corrected chi connectivity index (χ1v) is 4.28. The van der Waals surface area contributed by atoms with Gasteiger partial charge in [0.2, 0.25) is 0 Å². The fraction of sp³-hybridized carbons (Fsp3) is 1.00. The summed E-state index contributed by atoms with van der Waals surface area (Å²) in [6.07, 6.45) is -1.58. The van der Waals surface area contributed by atoms with E-state index in [1.54, 1.807) is 0 Å². The van der Waals surface area contributed by atoms with Crippen LogP contribution in [0.3, 0.4) is 0 Å². The lowest BCUT2D eigenvalue weighted by molar-refractivity contribution is -0.179. The van der Waals surface area contributed by atoms with Crippen LogP contribution in [0.5, 0.6) is 0 Å². The third-order valence-corrected chi connectivity index (χ3v) is 2.77. The SMILES string of the molecule is FC(F)(F)C1CCCCC1S. The number of thiol groups is 1. The smallest absolute Gasteiger partial charge is 0.175 e. The molecule has 0 amide bonds. The van der Waals surface area contributed by atoms with Crippen molar-refractivity contribution in [3.05, 3.63) is 0 Å². The van der Waals surface area contributed by atoms with Gasteiger partial charge in [-0.15, -0.1) is 0 Å². The van der Waals surface area contributed by atoms with Crippen LogP contribution < -0.4 is 0 Å². The van der Waals surface area contributed by atoms with Crippen molar-refractivity contribution in [1.29, 1.82) is 0 Å². The predicted octanol–water partition coefficient (Wildman–Crippen LogP) is 3.04. The number of hydrogen-bond acceptors (Lipinski definition) is 1. The van der Waals surface area contributed by atoms with Gasteiger partial charge in [0.15, 0.2) is 0 Å². The van der Waals surface area contributed by atoms with E-state index < -0.39 is 17.3 Å². The molecule has 0 aromatic rings. The standard InChI is InChI=1S/C7H11F3S/c8-7(9,10)5-3-1-2-4-6(5)11/h5-6,11H,1-4H2. The molecule has 0 N–H and O–H groups in total. The van der Waals surface area contributed by atoms with Crippen molar-refractivity contribution < 1.29 is 13.2 Å². The molecule has 0 spiro atoms. The van der Waals surface area contributed by atoms with Gasteiger partial charge in [-0.25, -0.2) is 0 Å². The van der Waals surface area contributed by atoms with Crippen molar-refractivity contribution in [2.45, 2.75) is 37.1 Å². The Balaban J connectivity index is 2.55. The van der Waals surface area contributed by atoms with Gasteiger partial charge in [-0.3, -0.25) is 0 Å². The first-order chi connectivity index (χ1) is 5.02. The Morgan fingerprint density at radius 3 is 2.00 bits per heavy atom. The third-order valence-electron chi connectivity index (χ3n) is 2.15. The minimum absolute atomic E-state index is 0.262. The van der Waals surface area contributed by atoms with Gasteiger partial charge < -0.3 is 0 Å². The van der Waals surface area contributed by atoms with Crippen LogP contribution in [0.25, 0.3) is 0 Å². The zero-order chi connectivity index (χ0) is 8.48. The van der Waals surface area contributed by atoms with Crippen LogP contribution in [-0.4, -0.2) is 11.4 Å². The van der Waals surface area contributed by atoms with Crippen molar-refractivity contribution in [3.63, 3.8) is 0 Å². The molecule has 1 rings (SSSR count). The van der Waals surface area contributed by atoms with E-state index in [9.17, 15) is 13.2 Å². The summed E-state index contributed by atoms with van der Waals surface area (Å²) in [6.45, 7) is 0. The lowest BCUT2D eigenvalue weighted by Crippen LogP contribution is -2.33. The lowest BCUT2D eigenvalue weighted by Gasteiger charge is -2.29. The summed E-state index contributed by atoms with van der Waals surface area (Å²) in [4.78, 5) is 0. The Kier molecular flexibility index (Phi) is 2.73. The van der Waals surface area contributed by atoms with E-state index in [0.717, 1.165) is 6.42 Å². The van der Waals surface area contributed by atoms with Gasteiger partial charge in [-0.05, 0) is 12.8 Å². The molecule has 0 saturated heterocycles. The number of halogens is 3. The Morgan fingerprint density at radius 2 is 1.64 bits per heavy atom. The summed E-state index contributed by atoms with van der Waals surface area (Å²) >= 11 is 3.93. The van der Waals surface area contributed by atoms with Crippen LogP contribution in [0.15, 0.2) is 0 Å². The number of alkyl halides is 3. The fourth-order valence-corrected chi connectivity index (χ4v) is 1.99. The second-order valence-corrected chi connectivity index (χ2v) is 3.66. The highest BCUT2D eigenvalue weighted by molar-refractivity contribution is 7.81. The Labute approximate surface area is 69.6 Å². The molecule has 1 aliphatic carbocycles. The van der Waals surface area contributed by atoms with E-state index >= 15 is 0 Å². The maximum Gasteiger partial charge on any atom is 0.392 e. The second-order valence-electron chi connectivity index (χ2n) is 3.00. The van der Waals surface area contributed by atoms with E-state index in [1.165, 1.54) is 0 Å². The van der Waals surface area contributed by atoms with Gasteiger partial charge in [0.05, 0.1) is 5.92 Å². The summed E-state index contributed by atoms with van der Waals surface area (Å²) in [7, 11) is 0. The molecule has 2 atom stereocenters. The predicted molar refractivity (Wildman–Crippen MR) is 40.8 cm³/mol. The van der Waals surface area contributed by atoms with E-state index in [-0.39, 0.29) is 6.42 Å². The number of rotatable bonds is 0. The van der Waals surface area contributed by atoms with Crippen molar-refractivity contribution in [2.24, 2.45) is 5.92 Å². The maximum absolute atomic E-state index is 12.1. The van der Waals surface area contributed by atoms with Crippen LogP contribution in [0.4, 0.5) is 13.2 Å². The maximum atomic E-state index is 12.1. The molecular formula is C7H11F3S. The quantitative estimate of drug-likeness (QED) is 0.549. The zero-order valence-corrected chi connectivity index (χ0v) is 6.96. The highest BCUT2D eigenvalue weighted by Crippen LogP contribution is 2.39. The molecule has 0 bridgehead atoms. The molecule has 1 saturated carbocycles. The molecule has 11 heavy (non-hydrogen) atoms. The van der Waals surface area contributed by atoms with Crippen molar-refractivity contribution >= 4 is 12.6 Å². The van der Waals surface area contributed by atoms with Crippen LogP contribution in [0, 0.1) is 5.92 Å². The second kappa shape index (κ2) is 3.25. The monoisotopic (exact) mass is 184 g/mol. The van der Waals surface area contributed by atoms with Gasteiger partial charge >= 0.3 is 6.18 Å². The summed E-state index contributed by atoms with van der Waals surface area (Å²) in [5.74, 6) is -1.17. The van der Waals surface area contributed by atoms with Crippen LogP contribution in [0.2, 0.25) is 0 Å². The minimum Gasteiger partial charge on any atom is -0.175 e. The van der Waals surface area contributed by atoms with Crippen molar-refractivity contribution in [2.75, 3.05) is 0 Å². The van der Waals surface area contributed by atoms with Crippen molar-refractivity contribution in [3.8, 4) is 0 Å². The molecule has 0 aromatic carbocycles. The highest BCUT2D eigenvalue weighted by Gasteiger charge is 2.43. The Hall–Kier alpha value is 0.140. The van der Waals surface area contributed by atoms with Gasteiger partial charge in [0, 0.05) is 5.25 Å². The summed E-state index contributed by atoms with van der Waals surface area (Å²) < 4.78 is 36.4. The molecule has 0 nitrogen and oxygen atoms in total. The average molecular weight is 184 g/mol. The normalized spacial score (nSPS) is 33.8. The first-order valence-electron chi connectivity index (χ1n) is 3.76. The van der Waals surface area contributed by atoms with Crippen molar-refractivity contribution in [1.82, 2.24) is 0 Å². The molecule has 4 heteroatoms. The summed E-state index contributed by atoms with van der Waals surface area (Å²) in [6, 6.07) is 0. The molecule has 0 aliphatic heterocycles. The molecule has 0 aromatic heterocycles. The Bertz CT molecular complexity index is 132. The van der Waals surface area contributed by atoms with Crippen LogP contribution in [-0.2, 0) is 0 Å². The lowest BCUT2D eigenvalue weighted by atomic mass is 9.88. The summed E-state index contributed by atoms with van der Waals surface area (Å²) in [5.41, 5.74) is 0. The van der Waals surface area contributed by atoms with Crippen LogP contribution >= 0.6 is 12.6 Å². The molecule has 2 unspecified atom stereocenters. The minimum atomic E-state index is -4.03. The third kappa shape index (κ3) is 2.29. The fourth-order valence-electron chi connectivity index (χ4n) is 1.49. The Morgan fingerprint density at radius 1 is 1.09 bits per heavy atom. The van der Waals surface area contributed by atoms with Gasteiger partial charge in [-0.1, -0.05) is 12.8 Å². The number of hydrogen-bond donors (Lipinski definition) is 1. The van der Waals surface area contributed by atoms with Gasteiger partial charge in [0.1, 0.15) is 0 Å². The van der Waals surface area contributed by atoms with Crippen LogP contribution in [0.1, 0.15) is 25.7 Å². The molecule has 0 heterocycles. The largest absolute Gasteiger partial charge is 0.392 e. The van der Waals surface area contributed by atoms with E-state index in [4.69, 9.17) is 0 Å². The van der Waals surface area contributed by atoms with Gasteiger partial charge in [0.25, 0.3) is 0 Å². The first kappa shape index (κ1) is 9.23. The van der Waals surface area contributed by atoms with E-state index in [2.05, 4.69) is 12.6 Å².